The van der Waals surface area contributed by atoms with Gasteiger partial charge in [0.25, 0.3) is 10.1 Å². The number of rotatable bonds is 22. The Hall–Kier alpha value is -2.05. The van der Waals surface area contributed by atoms with Crippen molar-refractivity contribution in [2.24, 2.45) is 0 Å². The lowest BCUT2D eigenvalue weighted by Crippen LogP contribution is -2.35. The van der Waals surface area contributed by atoms with Gasteiger partial charge in [-0.1, -0.05) is 146 Å². The molecule has 224 valence electrons. The van der Waals surface area contributed by atoms with E-state index in [2.05, 4.69) is 29.3 Å². The fourth-order valence-corrected chi connectivity index (χ4v) is 6.42. The summed E-state index contributed by atoms with van der Waals surface area (Å²) in [5.41, 5.74) is 2.99. The van der Waals surface area contributed by atoms with Gasteiger partial charge in [0.05, 0.1) is 22.4 Å². The molecule has 0 aliphatic carbocycles. The molecule has 0 fully saturated rings. The fraction of sp³-hybridized carbons (Fsp3) is 0.647. The third kappa shape index (κ3) is 11.8. The second-order valence-corrected chi connectivity index (χ2v) is 13.1. The van der Waals surface area contributed by atoms with Gasteiger partial charge >= 0.3 is 0 Å². The summed E-state index contributed by atoms with van der Waals surface area (Å²) >= 11 is 0. The lowest BCUT2D eigenvalue weighted by atomic mass is 10.0. The quantitative estimate of drug-likeness (QED) is 0.109. The Kier molecular flexibility index (Phi) is 14.9. The molecule has 5 nitrogen and oxygen atoms in total. The lowest BCUT2D eigenvalue weighted by molar-refractivity contribution is 0.483. The Morgan fingerprint density at radius 2 is 1.20 bits per heavy atom. The van der Waals surface area contributed by atoms with Crippen molar-refractivity contribution < 1.29 is 13.0 Å². The van der Waals surface area contributed by atoms with Crippen LogP contribution < -0.4 is 10.2 Å². The smallest absolute Gasteiger partial charge is 0.294 e. The van der Waals surface area contributed by atoms with E-state index in [0.29, 0.717) is 0 Å². The third-order valence-electron chi connectivity index (χ3n) is 8.30. The minimum absolute atomic E-state index is 0.0628. The normalized spacial score (nSPS) is 14.8. The van der Waals surface area contributed by atoms with Crippen molar-refractivity contribution in [1.82, 2.24) is 0 Å². The molecule has 0 spiro atoms. The minimum atomic E-state index is -4.22. The molecule has 2 aromatic rings. The van der Waals surface area contributed by atoms with E-state index in [1.165, 1.54) is 121 Å². The lowest BCUT2D eigenvalue weighted by Gasteiger charge is -2.27. The number of nitrogens with one attached hydrogen (secondary N) is 1. The molecule has 0 saturated carbocycles. The summed E-state index contributed by atoms with van der Waals surface area (Å²) < 4.78 is 32.8. The first-order valence-electron chi connectivity index (χ1n) is 16.2. The van der Waals surface area contributed by atoms with Gasteiger partial charge in [0.1, 0.15) is 0 Å². The number of hydrogen-bond donors (Lipinski definition) is 2. The number of nitrogens with zero attached hydrogens (tertiary/aromatic N) is 1. The van der Waals surface area contributed by atoms with Crippen LogP contribution in [0.5, 0.6) is 0 Å². The molecule has 1 heterocycles. The number of benzene rings is 2. The highest BCUT2D eigenvalue weighted by molar-refractivity contribution is 7.85. The second kappa shape index (κ2) is 18.4. The highest BCUT2D eigenvalue weighted by Crippen LogP contribution is 2.38. The summed E-state index contributed by atoms with van der Waals surface area (Å²) in [6.07, 6.45) is 25.8. The standard InChI is InChI=1S/C34H54N2O3S/c1-2-3-4-5-6-7-8-9-10-11-12-13-14-15-16-17-18-22-25-34-35-32-28-31(40(37,38)39)26-27-33(32)36(34)29-30-23-20-19-21-24-30/h19-21,23-24,26-28,34-35H,2-18,22,25,29H2,1H3,(H,37,38,39). The maximum Gasteiger partial charge on any atom is 0.294 e. The Bertz CT molecular complexity index is 1060. The van der Waals surface area contributed by atoms with E-state index in [4.69, 9.17) is 0 Å². The molecule has 2 N–H and O–H groups in total. The summed E-state index contributed by atoms with van der Waals surface area (Å²) in [5, 5.41) is 3.52. The van der Waals surface area contributed by atoms with Crippen molar-refractivity contribution in [3.63, 3.8) is 0 Å². The molecule has 0 saturated heterocycles. The SMILES string of the molecule is CCCCCCCCCCCCCCCCCCCCC1Nc2cc(S(=O)(=O)O)ccc2N1Cc1ccccc1. The zero-order chi connectivity index (χ0) is 28.5. The van der Waals surface area contributed by atoms with E-state index in [1.54, 1.807) is 6.07 Å². The van der Waals surface area contributed by atoms with Crippen LogP contribution in [0.15, 0.2) is 53.4 Å². The van der Waals surface area contributed by atoms with Gasteiger partial charge in [-0.25, -0.2) is 0 Å². The number of hydrogen-bond acceptors (Lipinski definition) is 4. The van der Waals surface area contributed by atoms with Gasteiger partial charge < -0.3 is 10.2 Å². The second-order valence-electron chi connectivity index (χ2n) is 11.7. The molecule has 3 rings (SSSR count). The number of fused-ring (bicyclic) bond motifs is 1. The molecule has 0 bridgehead atoms. The Morgan fingerprint density at radius 3 is 1.70 bits per heavy atom. The van der Waals surface area contributed by atoms with Crippen LogP contribution in [0.2, 0.25) is 0 Å². The molecule has 1 aliphatic heterocycles. The van der Waals surface area contributed by atoms with Gasteiger partial charge in [0.15, 0.2) is 0 Å². The zero-order valence-corrected chi connectivity index (χ0v) is 25.8. The van der Waals surface area contributed by atoms with Crippen molar-refractivity contribution in [2.75, 3.05) is 10.2 Å². The summed E-state index contributed by atoms with van der Waals surface area (Å²) in [5.74, 6) is 0. The molecule has 6 heteroatoms. The largest absolute Gasteiger partial charge is 0.363 e. The molecule has 0 radical (unpaired) electrons. The summed E-state index contributed by atoms with van der Waals surface area (Å²) in [7, 11) is -4.22. The number of anilines is 2. The van der Waals surface area contributed by atoms with Crippen molar-refractivity contribution in [3.8, 4) is 0 Å². The van der Waals surface area contributed by atoms with Crippen LogP contribution >= 0.6 is 0 Å². The molecule has 1 atom stereocenters. The predicted octanol–water partition coefficient (Wildman–Crippen LogP) is 10.1. The molecular weight excluding hydrogens is 516 g/mol. The Morgan fingerprint density at radius 1 is 0.700 bits per heavy atom. The first kappa shape index (κ1) is 32.5. The van der Waals surface area contributed by atoms with Gasteiger partial charge in [0, 0.05) is 6.54 Å². The molecule has 2 aromatic carbocycles. The third-order valence-corrected chi connectivity index (χ3v) is 9.15. The van der Waals surface area contributed by atoms with Crippen LogP contribution in [-0.4, -0.2) is 19.1 Å². The molecule has 0 aromatic heterocycles. The highest BCUT2D eigenvalue weighted by atomic mass is 32.2. The monoisotopic (exact) mass is 570 g/mol. The van der Waals surface area contributed by atoms with Gasteiger partial charge in [-0.2, -0.15) is 8.42 Å². The Balaban J connectivity index is 1.27. The van der Waals surface area contributed by atoms with Crippen LogP contribution in [0.3, 0.4) is 0 Å². The van der Waals surface area contributed by atoms with Crippen LogP contribution in [0, 0.1) is 0 Å². The van der Waals surface area contributed by atoms with E-state index in [0.717, 1.165) is 30.8 Å². The maximum atomic E-state index is 11.7. The van der Waals surface area contributed by atoms with Crippen LogP contribution in [0.4, 0.5) is 11.4 Å². The number of unbranched alkanes of at least 4 members (excludes halogenated alkanes) is 17. The summed E-state index contributed by atoms with van der Waals surface area (Å²) in [6, 6.07) is 15.2. The van der Waals surface area contributed by atoms with Gasteiger partial charge in [-0.05, 0) is 36.6 Å². The van der Waals surface area contributed by atoms with E-state index in [-0.39, 0.29) is 11.1 Å². The minimum Gasteiger partial charge on any atom is -0.363 e. The molecule has 40 heavy (non-hydrogen) atoms. The fourth-order valence-electron chi connectivity index (χ4n) is 5.91. The van der Waals surface area contributed by atoms with Crippen LogP contribution in [0.1, 0.15) is 134 Å². The van der Waals surface area contributed by atoms with Crippen molar-refractivity contribution in [3.05, 3.63) is 54.1 Å². The van der Waals surface area contributed by atoms with Crippen molar-refractivity contribution >= 4 is 21.5 Å². The average molecular weight is 571 g/mol. The average Bonchev–Trinajstić information content (AvgIpc) is 3.28. The van der Waals surface area contributed by atoms with E-state index >= 15 is 0 Å². The van der Waals surface area contributed by atoms with E-state index in [1.807, 2.05) is 24.3 Å². The topological polar surface area (TPSA) is 69.6 Å². The molecule has 1 unspecified atom stereocenters. The van der Waals surface area contributed by atoms with Gasteiger partial charge in [0.2, 0.25) is 0 Å². The van der Waals surface area contributed by atoms with Crippen molar-refractivity contribution in [1.29, 1.82) is 0 Å². The summed E-state index contributed by atoms with van der Waals surface area (Å²) in [6.45, 7) is 3.04. The van der Waals surface area contributed by atoms with Gasteiger partial charge in [-0.3, -0.25) is 4.55 Å². The van der Waals surface area contributed by atoms with Crippen LogP contribution in [-0.2, 0) is 16.7 Å². The van der Waals surface area contributed by atoms with Crippen molar-refractivity contribution in [2.45, 2.75) is 147 Å². The Labute approximate surface area is 244 Å². The van der Waals surface area contributed by atoms with E-state index < -0.39 is 10.1 Å². The molecule has 1 aliphatic rings. The summed E-state index contributed by atoms with van der Waals surface area (Å²) in [4.78, 5) is 2.26. The highest BCUT2D eigenvalue weighted by Gasteiger charge is 2.29. The van der Waals surface area contributed by atoms with E-state index in [9.17, 15) is 13.0 Å². The molecule has 0 amide bonds. The first-order chi connectivity index (χ1) is 19.5. The van der Waals surface area contributed by atoms with Crippen LogP contribution in [0.25, 0.3) is 0 Å². The predicted molar refractivity (Wildman–Crippen MR) is 170 cm³/mol. The van der Waals surface area contributed by atoms with Gasteiger partial charge in [-0.15, -0.1) is 0 Å². The first-order valence-corrected chi connectivity index (χ1v) is 17.6. The maximum absolute atomic E-state index is 11.7. The zero-order valence-electron chi connectivity index (χ0n) is 25.0. The molecular formula is C34H54N2O3S.